The van der Waals surface area contributed by atoms with Gasteiger partial charge in [-0.25, -0.2) is 9.37 Å². The van der Waals surface area contributed by atoms with E-state index in [0.717, 1.165) is 35.7 Å². The van der Waals surface area contributed by atoms with E-state index >= 15 is 0 Å². The fraction of sp³-hybridized carbons (Fsp3) is 0.483. The van der Waals surface area contributed by atoms with Gasteiger partial charge >= 0.3 is 0 Å². The van der Waals surface area contributed by atoms with Crippen molar-refractivity contribution < 1.29 is 14.2 Å². The minimum absolute atomic E-state index is 0.0392. The molecule has 3 atom stereocenters. The predicted molar refractivity (Wildman–Crippen MR) is 141 cm³/mol. The van der Waals surface area contributed by atoms with E-state index in [-0.39, 0.29) is 35.4 Å². The molecule has 1 aliphatic carbocycles. The Kier molecular flexibility index (Phi) is 6.64. The van der Waals surface area contributed by atoms with E-state index in [1.54, 1.807) is 0 Å². The van der Waals surface area contributed by atoms with Crippen LogP contribution in [-0.2, 0) is 11.8 Å². The summed E-state index contributed by atoms with van der Waals surface area (Å²) >= 11 is 6.23. The van der Waals surface area contributed by atoms with Crippen molar-refractivity contribution in [3.63, 3.8) is 0 Å². The van der Waals surface area contributed by atoms with Crippen LogP contribution in [0.1, 0.15) is 75.7 Å². The largest absolute Gasteiger partial charge is 0.484 e. The summed E-state index contributed by atoms with van der Waals surface area (Å²) in [6, 6.07) is 11.1. The van der Waals surface area contributed by atoms with Gasteiger partial charge < -0.3 is 14.4 Å². The standard InChI is InChI=1S/C29H35ClFN3O2/c1-17(2)28-32-26(29(3,4)5)16-34(28)19-6-8-21(9-7-19)36-27-23-12-18(30)13-24(31)22(23)14-25(27)33-11-10-20(35)15-33/h6-9,12-13,16-17,20,25,27,35H,10-11,14-15H2,1-5H3/t20?,25-,27-/m0/s1. The predicted octanol–water partition coefficient (Wildman–Crippen LogP) is 6.20. The van der Waals surface area contributed by atoms with Gasteiger partial charge in [-0.05, 0) is 54.8 Å². The van der Waals surface area contributed by atoms with E-state index in [1.807, 2.05) is 30.3 Å². The van der Waals surface area contributed by atoms with E-state index in [4.69, 9.17) is 21.3 Å². The molecule has 1 saturated heterocycles. The van der Waals surface area contributed by atoms with E-state index in [0.29, 0.717) is 29.3 Å². The zero-order chi connectivity index (χ0) is 25.8. The van der Waals surface area contributed by atoms with Crippen molar-refractivity contribution in [1.82, 2.24) is 14.5 Å². The van der Waals surface area contributed by atoms with Crippen molar-refractivity contribution >= 4 is 11.6 Å². The number of aromatic nitrogens is 2. The van der Waals surface area contributed by atoms with Crippen LogP contribution in [0.15, 0.2) is 42.6 Å². The maximum atomic E-state index is 14.8. The number of nitrogens with zero attached hydrogens (tertiary/aromatic N) is 3. The molecule has 1 N–H and O–H groups in total. The van der Waals surface area contributed by atoms with Crippen LogP contribution in [0.5, 0.6) is 5.75 Å². The van der Waals surface area contributed by atoms with Gasteiger partial charge in [-0.1, -0.05) is 46.2 Å². The molecule has 1 aromatic heterocycles. The monoisotopic (exact) mass is 511 g/mol. The number of aliphatic hydroxyl groups excluding tert-OH is 1. The first kappa shape index (κ1) is 25.2. The third-order valence-electron chi connectivity index (χ3n) is 7.32. The molecule has 3 aromatic rings. The van der Waals surface area contributed by atoms with E-state index in [1.165, 1.54) is 6.07 Å². The summed E-state index contributed by atoms with van der Waals surface area (Å²) < 4.78 is 23.5. The third kappa shape index (κ3) is 4.79. The van der Waals surface area contributed by atoms with Crippen LogP contribution in [-0.4, -0.2) is 44.8 Å². The van der Waals surface area contributed by atoms with Crippen LogP contribution in [0.3, 0.4) is 0 Å². The molecule has 7 heteroatoms. The number of halogens is 2. The fourth-order valence-electron chi connectivity index (χ4n) is 5.35. The number of hydrogen-bond acceptors (Lipinski definition) is 4. The van der Waals surface area contributed by atoms with Crippen LogP contribution in [0.2, 0.25) is 5.02 Å². The van der Waals surface area contributed by atoms with E-state index < -0.39 is 0 Å². The van der Waals surface area contributed by atoms with Gasteiger partial charge in [0.1, 0.15) is 23.5 Å². The molecule has 0 bridgehead atoms. The third-order valence-corrected chi connectivity index (χ3v) is 7.54. The second kappa shape index (κ2) is 9.47. The number of β-amino-alcohol motifs (C(OH)–C–C–N with tert-alkyl or cyclic N) is 1. The SMILES string of the molecule is CC(C)c1nc(C(C)(C)C)cn1-c1ccc(O[C@H]2c3cc(Cl)cc(F)c3C[C@@H]2N2CCC(O)C2)cc1. The van der Waals surface area contributed by atoms with Crippen molar-refractivity contribution in [3.8, 4) is 11.4 Å². The van der Waals surface area contributed by atoms with Gasteiger partial charge in [-0.3, -0.25) is 4.90 Å². The average Bonchev–Trinajstić information content (AvgIpc) is 3.52. The normalized spacial score (nSPS) is 22.4. The average molecular weight is 512 g/mol. The van der Waals surface area contributed by atoms with Gasteiger partial charge in [-0.2, -0.15) is 0 Å². The smallest absolute Gasteiger partial charge is 0.140 e. The first-order valence-corrected chi connectivity index (χ1v) is 13.2. The fourth-order valence-corrected chi connectivity index (χ4v) is 5.56. The van der Waals surface area contributed by atoms with Crippen LogP contribution < -0.4 is 4.74 Å². The van der Waals surface area contributed by atoms with Crippen molar-refractivity contribution in [2.45, 2.75) is 77.0 Å². The molecule has 2 aliphatic rings. The highest BCUT2D eigenvalue weighted by molar-refractivity contribution is 6.30. The number of hydrogen-bond donors (Lipinski definition) is 1. The maximum Gasteiger partial charge on any atom is 0.140 e. The molecule has 0 saturated carbocycles. The number of benzene rings is 2. The molecule has 2 heterocycles. The zero-order valence-corrected chi connectivity index (χ0v) is 22.4. The topological polar surface area (TPSA) is 50.5 Å². The first-order valence-electron chi connectivity index (χ1n) is 12.8. The minimum Gasteiger partial charge on any atom is -0.484 e. The summed E-state index contributed by atoms with van der Waals surface area (Å²) in [4.78, 5) is 7.14. The molecule has 0 radical (unpaired) electrons. The summed E-state index contributed by atoms with van der Waals surface area (Å²) in [5.74, 6) is 1.72. The van der Waals surface area contributed by atoms with Crippen molar-refractivity contribution in [1.29, 1.82) is 0 Å². The second-order valence-corrected chi connectivity index (χ2v) is 11.9. The highest BCUT2D eigenvalue weighted by Gasteiger charge is 2.42. The quantitative estimate of drug-likeness (QED) is 0.443. The highest BCUT2D eigenvalue weighted by atomic mass is 35.5. The van der Waals surface area contributed by atoms with Gasteiger partial charge in [0.2, 0.25) is 0 Å². The number of rotatable bonds is 5. The Hall–Kier alpha value is -2.41. The van der Waals surface area contributed by atoms with Crippen LogP contribution in [0, 0.1) is 5.82 Å². The Balaban J connectivity index is 1.45. The van der Waals surface area contributed by atoms with Crippen molar-refractivity contribution in [2.24, 2.45) is 0 Å². The molecular formula is C29H35ClFN3O2. The van der Waals surface area contributed by atoms with Crippen LogP contribution >= 0.6 is 11.6 Å². The van der Waals surface area contributed by atoms with Gasteiger partial charge in [0.15, 0.2) is 0 Å². The molecule has 0 spiro atoms. The summed E-state index contributed by atoms with van der Waals surface area (Å²) in [6.07, 6.45) is 2.66. The van der Waals surface area contributed by atoms with Crippen LogP contribution in [0.25, 0.3) is 5.69 Å². The molecule has 0 amide bonds. The molecule has 1 aliphatic heterocycles. The number of ether oxygens (including phenoxy) is 1. The summed E-state index contributed by atoms with van der Waals surface area (Å²) in [7, 11) is 0. The Morgan fingerprint density at radius 1 is 1.17 bits per heavy atom. The van der Waals surface area contributed by atoms with Crippen LogP contribution in [0.4, 0.5) is 4.39 Å². The Morgan fingerprint density at radius 2 is 1.89 bits per heavy atom. The highest BCUT2D eigenvalue weighted by Crippen LogP contribution is 2.41. The zero-order valence-electron chi connectivity index (χ0n) is 21.6. The van der Waals surface area contributed by atoms with Gasteiger partial charge in [0, 0.05) is 46.9 Å². The molecule has 1 fully saturated rings. The molecule has 192 valence electrons. The summed E-state index contributed by atoms with van der Waals surface area (Å²) in [6.45, 7) is 12.2. The Morgan fingerprint density at radius 3 is 2.50 bits per heavy atom. The molecule has 36 heavy (non-hydrogen) atoms. The molecular weight excluding hydrogens is 477 g/mol. The first-order chi connectivity index (χ1) is 17.0. The lowest BCUT2D eigenvalue weighted by Gasteiger charge is -2.30. The van der Waals surface area contributed by atoms with Crippen molar-refractivity contribution in [2.75, 3.05) is 13.1 Å². The molecule has 1 unspecified atom stereocenters. The van der Waals surface area contributed by atoms with E-state index in [2.05, 4.69) is 50.3 Å². The lowest BCUT2D eigenvalue weighted by Crippen LogP contribution is -2.39. The number of aliphatic hydroxyl groups is 1. The lowest BCUT2D eigenvalue weighted by atomic mass is 9.93. The molecule has 2 aromatic carbocycles. The van der Waals surface area contributed by atoms with Crippen molar-refractivity contribution in [3.05, 3.63) is 76.1 Å². The molecule has 5 rings (SSSR count). The lowest BCUT2D eigenvalue weighted by molar-refractivity contribution is 0.0818. The van der Waals surface area contributed by atoms with E-state index in [9.17, 15) is 9.50 Å². The van der Waals surface area contributed by atoms with Gasteiger partial charge in [0.25, 0.3) is 0 Å². The number of fused-ring (bicyclic) bond motifs is 1. The van der Waals surface area contributed by atoms with Gasteiger partial charge in [0.05, 0.1) is 17.8 Å². The maximum absolute atomic E-state index is 14.8. The van der Waals surface area contributed by atoms with Gasteiger partial charge in [-0.15, -0.1) is 0 Å². The second-order valence-electron chi connectivity index (χ2n) is 11.5. The summed E-state index contributed by atoms with van der Waals surface area (Å²) in [5, 5.41) is 10.5. The number of imidazole rings is 1. The number of likely N-dealkylation sites (tertiary alicyclic amines) is 1. The molecule has 5 nitrogen and oxygen atoms in total. The Bertz CT molecular complexity index is 1250. The summed E-state index contributed by atoms with van der Waals surface area (Å²) in [5.41, 5.74) is 3.49. The Labute approximate surface area is 217 Å². The minimum atomic E-state index is -0.365.